The Hall–Kier alpha value is -3.47. The van der Waals surface area contributed by atoms with Crippen molar-refractivity contribution >= 4 is 50.7 Å². The Bertz CT molecular complexity index is 1500. The first-order chi connectivity index (χ1) is 19.9. The summed E-state index contributed by atoms with van der Waals surface area (Å²) in [5, 5.41) is 3.62. The SMILES string of the molecule is CCC(C)NC(=O)C(C)N(Cc1ccc(Cl)cc1Cl)C(=O)CN(c1ccccc1)S(=O)(=O)c1ccc(OC)c(OC)c1. The molecule has 3 rings (SSSR count). The van der Waals surface area contributed by atoms with Crippen LogP contribution in [-0.2, 0) is 26.2 Å². The molecule has 2 unspecified atom stereocenters. The van der Waals surface area contributed by atoms with Gasteiger partial charge in [0.25, 0.3) is 10.0 Å². The van der Waals surface area contributed by atoms with Gasteiger partial charge in [-0.3, -0.25) is 13.9 Å². The predicted octanol–water partition coefficient (Wildman–Crippen LogP) is 5.54. The van der Waals surface area contributed by atoms with Gasteiger partial charge in [0.1, 0.15) is 12.6 Å². The number of nitrogens with zero attached hydrogens (tertiary/aromatic N) is 2. The third-order valence-corrected chi connectivity index (χ3v) is 9.15. The second-order valence-corrected chi connectivity index (χ2v) is 12.3. The van der Waals surface area contributed by atoms with E-state index >= 15 is 0 Å². The standard InChI is InChI=1S/C30H35Cl2N3O6S/c1-6-20(2)33-30(37)21(3)34(18-22-12-13-23(31)16-26(22)32)29(36)19-35(24-10-8-7-9-11-24)42(38,39)25-14-15-27(40-4)28(17-25)41-5/h7-17,20-21H,6,18-19H2,1-5H3,(H,33,37). The smallest absolute Gasteiger partial charge is 0.264 e. The van der Waals surface area contributed by atoms with Crippen molar-refractivity contribution < 1.29 is 27.5 Å². The summed E-state index contributed by atoms with van der Waals surface area (Å²) in [4.78, 5) is 28.4. The number of benzene rings is 3. The highest BCUT2D eigenvalue weighted by atomic mass is 35.5. The number of rotatable bonds is 13. The van der Waals surface area contributed by atoms with Crippen LogP contribution in [0.4, 0.5) is 5.69 Å². The van der Waals surface area contributed by atoms with Gasteiger partial charge in [-0.25, -0.2) is 8.42 Å². The number of sulfonamides is 1. The Morgan fingerprint density at radius 2 is 1.60 bits per heavy atom. The number of amides is 2. The molecule has 3 aromatic carbocycles. The van der Waals surface area contributed by atoms with Gasteiger partial charge in [-0.15, -0.1) is 0 Å². The molecule has 0 saturated carbocycles. The summed E-state index contributed by atoms with van der Waals surface area (Å²) in [6.45, 7) is 4.74. The van der Waals surface area contributed by atoms with Gasteiger partial charge in [-0.2, -0.15) is 0 Å². The highest BCUT2D eigenvalue weighted by Gasteiger charge is 2.33. The van der Waals surface area contributed by atoms with Gasteiger partial charge in [0, 0.05) is 28.7 Å². The van der Waals surface area contributed by atoms with E-state index in [1.807, 2.05) is 13.8 Å². The molecule has 2 amide bonds. The average molecular weight is 637 g/mol. The number of hydrogen-bond acceptors (Lipinski definition) is 6. The fourth-order valence-electron chi connectivity index (χ4n) is 4.11. The molecule has 42 heavy (non-hydrogen) atoms. The first-order valence-corrected chi connectivity index (χ1v) is 15.5. The van der Waals surface area contributed by atoms with E-state index in [2.05, 4.69) is 5.32 Å². The summed E-state index contributed by atoms with van der Waals surface area (Å²) in [7, 11) is -1.44. The number of methoxy groups -OCH3 is 2. The second kappa shape index (κ2) is 14.6. The van der Waals surface area contributed by atoms with Crippen molar-refractivity contribution in [3.8, 4) is 11.5 Å². The summed E-state index contributed by atoms with van der Waals surface area (Å²) in [5.74, 6) is -0.421. The Kier molecular flexibility index (Phi) is 11.5. The zero-order chi connectivity index (χ0) is 31.0. The lowest BCUT2D eigenvalue weighted by atomic mass is 10.1. The Morgan fingerprint density at radius 3 is 2.19 bits per heavy atom. The van der Waals surface area contributed by atoms with E-state index in [4.69, 9.17) is 32.7 Å². The third-order valence-electron chi connectivity index (χ3n) is 6.79. The van der Waals surface area contributed by atoms with E-state index in [0.717, 1.165) is 4.31 Å². The van der Waals surface area contributed by atoms with Crippen molar-refractivity contribution in [2.24, 2.45) is 0 Å². The number of carbonyl (C=O) groups excluding carboxylic acids is 2. The largest absolute Gasteiger partial charge is 0.493 e. The van der Waals surface area contributed by atoms with Gasteiger partial charge in [0.2, 0.25) is 11.8 Å². The van der Waals surface area contributed by atoms with Crippen LogP contribution in [-0.4, -0.2) is 58.0 Å². The van der Waals surface area contributed by atoms with E-state index in [9.17, 15) is 18.0 Å². The van der Waals surface area contributed by atoms with Crippen LogP contribution in [0.5, 0.6) is 11.5 Å². The molecule has 0 radical (unpaired) electrons. The minimum atomic E-state index is -4.29. The summed E-state index contributed by atoms with van der Waals surface area (Å²) in [5.41, 5.74) is 0.813. The van der Waals surface area contributed by atoms with Crippen molar-refractivity contribution in [3.63, 3.8) is 0 Å². The summed E-state index contributed by atoms with van der Waals surface area (Å²) >= 11 is 12.5. The zero-order valence-electron chi connectivity index (χ0n) is 24.1. The molecule has 0 aliphatic rings. The third kappa shape index (κ3) is 7.87. The summed E-state index contributed by atoms with van der Waals surface area (Å²) < 4.78 is 39.7. The molecule has 0 aliphatic carbocycles. The Balaban J connectivity index is 2.06. The van der Waals surface area contributed by atoms with Crippen LogP contribution in [0.15, 0.2) is 71.6 Å². The van der Waals surface area contributed by atoms with Crippen LogP contribution >= 0.6 is 23.2 Å². The number of carbonyl (C=O) groups is 2. The maximum Gasteiger partial charge on any atom is 0.264 e. The number of para-hydroxylation sites is 1. The molecule has 0 fully saturated rings. The van der Waals surface area contributed by atoms with Gasteiger partial charge in [-0.05, 0) is 62.2 Å². The highest BCUT2D eigenvalue weighted by molar-refractivity contribution is 7.92. The number of halogens is 2. The van der Waals surface area contributed by atoms with Crippen LogP contribution in [0.1, 0.15) is 32.8 Å². The van der Waals surface area contributed by atoms with E-state index in [0.29, 0.717) is 27.8 Å². The highest BCUT2D eigenvalue weighted by Crippen LogP contribution is 2.32. The van der Waals surface area contributed by atoms with Crippen LogP contribution in [0.25, 0.3) is 0 Å². The molecule has 0 spiro atoms. The number of nitrogens with one attached hydrogen (secondary N) is 1. The number of hydrogen-bond donors (Lipinski definition) is 1. The van der Waals surface area contributed by atoms with E-state index in [-0.39, 0.29) is 34.8 Å². The van der Waals surface area contributed by atoms with Crippen molar-refractivity contribution in [2.75, 3.05) is 25.1 Å². The normalized spacial score (nSPS) is 12.6. The van der Waals surface area contributed by atoms with Gasteiger partial charge in [0.15, 0.2) is 11.5 Å². The molecule has 226 valence electrons. The van der Waals surface area contributed by atoms with E-state index < -0.39 is 28.5 Å². The van der Waals surface area contributed by atoms with Crippen molar-refractivity contribution in [1.82, 2.24) is 10.2 Å². The molecule has 3 aromatic rings. The van der Waals surface area contributed by atoms with Crippen LogP contribution in [0.2, 0.25) is 10.0 Å². The van der Waals surface area contributed by atoms with E-state index in [1.54, 1.807) is 55.5 Å². The fourth-order valence-corrected chi connectivity index (χ4v) is 6.01. The van der Waals surface area contributed by atoms with Gasteiger partial charge >= 0.3 is 0 Å². The Labute approximate surface area is 257 Å². The quantitative estimate of drug-likeness (QED) is 0.264. The molecule has 1 N–H and O–H groups in total. The zero-order valence-corrected chi connectivity index (χ0v) is 26.5. The topological polar surface area (TPSA) is 105 Å². The molecule has 2 atom stereocenters. The molecule has 0 bridgehead atoms. The monoisotopic (exact) mass is 635 g/mol. The van der Waals surface area contributed by atoms with Crippen LogP contribution < -0.4 is 19.1 Å². The molecular formula is C30H35Cl2N3O6S. The molecule has 9 nitrogen and oxygen atoms in total. The fraction of sp³-hybridized carbons (Fsp3) is 0.333. The first kappa shape index (κ1) is 33.0. The molecular weight excluding hydrogens is 601 g/mol. The average Bonchev–Trinajstić information content (AvgIpc) is 2.98. The van der Waals surface area contributed by atoms with Crippen LogP contribution in [0.3, 0.4) is 0 Å². The molecule has 0 aromatic heterocycles. The maximum absolute atomic E-state index is 14.0. The predicted molar refractivity (Wildman–Crippen MR) is 165 cm³/mol. The van der Waals surface area contributed by atoms with E-state index in [1.165, 1.54) is 37.3 Å². The van der Waals surface area contributed by atoms with Crippen molar-refractivity contribution in [2.45, 2.75) is 50.7 Å². The number of anilines is 1. The molecule has 12 heteroatoms. The second-order valence-electron chi connectivity index (χ2n) is 9.62. The minimum absolute atomic E-state index is 0.0526. The lowest BCUT2D eigenvalue weighted by Gasteiger charge is -2.32. The summed E-state index contributed by atoms with van der Waals surface area (Å²) in [6, 6.07) is 16.2. The lowest BCUT2D eigenvalue weighted by Crippen LogP contribution is -2.52. The molecule has 0 aliphatic heterocycles. The Morgan fingerprint density at radius 1 is 0.929 bits per heavy atom. The number of ether oxygens (including phenoxy) is 2. The first-order valence-electron chi connectivity index (χ1n) is 13.3. The summed E-state index contributed by atoms with van der Waals surface area (Å²) in [6.07, 6.45) is 0.695. The van der Waals surface area contributed by atoms with Crippen molar-refractivity contribution in [1.29, 1.82) is 0 Å². The maximum atomic E-state index is 14.0. The van der Waals surface area contributed by atoms with Gasteiger partial charge < -0.3 is 19.7 Å². The van der Waals surface area contributed by atoms with Crippen LogP contribution in [0, 0.1) is 0 Å². The molecule has 0 heterocycles. The lowest BCUT2D eigenvalue weighted by molar-refractivity contribution is -0.139. The molecule has 0 saturated heterocycles. The van der Waals surface area contributed by atoms with Gasteiger partial charge in [-0.1, -0.05) is 54.4 Å². The van der Waals surface area contributed by atoms with Crippen molar-refractivity contribution in [3.05, 3.63) is 82.3 Å². The minimum Gasteiger partial charge on any atom is -0.493 e. The van der Waals surface area contributed by atoms with Gasteiger partial charge in [0.05, 0.1) is 24.8 Å².